The lowest BCUT2D eigenvalue weighted by Crippen LogP contribution is -2.16. The highest BCUT2D eigenvalue weighted by Crippen LogP contribution is 2.27. The SMILES string of the molecule is COc1ccc(NC(CC(=O)c2ccc(Br)cc2)c2ccc(OC)cc2)cc1. The van der Waals surface area contributed by atoms with E-state index in [0.717, 1.165) is 27.2 Å². The number of carbonyl (C=O) groups is 1. The second kappa shape index (κ2) is 9.42. The normalized spacial score (nSPS) is 11.5. The van der Waals surface area contributed by atoms with Crippen molar-refractivity contribution in [1.29, 1.82) is 0 Å². The van der Waals surface area contributed by atoms with Gasteiger partial charge < -0.3 is 14.8 Å². The molecule has 1 N–H and O–H groups in total. The number of rotatable bonds is 8. The van der Waals surface area contributed by atoms with Crippen LogP contribution < -0.4 is 14.8 Å². The second-order valence-electron chi connectivity index (χ2n) is 6.33. The molecule has 1 atom stereocenters. The number of benzene rings is 3. The number of anilines is 1. The van der Waals surface area contributed by atoms with E-state index in [9.17, 15) is 4.79 Å². The number of hydrogen-bond donors (Lipinski definition) is 1. The van der Waals surface area contributed by atoms with Gasteiger partial charge in [-0.2, -0.15) is 0 Å². The largest absolute Gasteiger partial charge is 0.497 e. The van der Waals surface area contributed by atoms with Crippen molar-refractivity contribution in [2.45, 2.75) is 12.5 Å². The summed E-state index contributed by atoms with van der Waals surface area (Å²) in [5, 5.41) is 3.47. The second-order valence-corrected chi connectivity index (χ2v) is 7.25. The molecular weight excluding hydrogens is 418 g/mol. The molecule has 0 aliphatic rings. The first-order chi connectivity index (χ1) is 13.6. The maximum atomic E-state index is 12.9. The minimum Gasteiger partial charge on any atom is -0.497 e. The fraction of sp³-hybridized carbons (Fsp3) is 0.174. The molecule has 0 aromatic heterocycles. The molecule has 0 aliphatic heterocycles. The van der Waals surface area contributed by atoms with Crippen molar-refractivity contribution in [2.75, 3.05) is 19.5 Å². The number of ether oxygens (including phenoxy) is 2. The molecule has 0 saturated heterocycles. The van der Waals surface area contributed by atoms with E-state index in [-0.39, 0.29) is 11.8 Å². The molecule has 28 heavy (non-hydrogen) atoms. The summed E-state index contributed by atoms with van der Waals surface area (Å²) in [5.41, 5.74) is 2.63. The lowest BCUT2D eigenvalue weighted by molar-refractivity contribution is 0.0976. The van der Waals surface area contributed by atoms with Crippen molar-refractivity contribution >= 4 is 27.4 Å². The van der Waals surface area contributed by atoms with Crippen LogP contribution in [0, 0.1) is 0 Å². The molecule has 0 bridgehead atoms. The first kappa shape index (κ1) is 20.0. The summed E-state index contributed by atoms with van der Waals surface area (Å²) in [4.78, 5) is 12.9. The number of methoxy groups -OCH3 is 2. The zero-order chi connectivity index (χ0) is 19.9. The van der Waals surface area contributed by atoms with E-state index in [4.69, 9.17) is 9.47 Å². The molecule has 0 saturated carbocycles. The third kappa shape index (κ3) is 5.14. The Hall–Kier alpha value is -2.79. The first-order valence-electron chi connectivity index (χ1n) is 8.92. The van der Waals surface area contributed by atoms with E-state index < -0.39 is 0 Å². The Morgan fingerprint density at radius 3 is 1.93 bits per heavy atom. The van der Waals surface area contributed by atoms with Crippen LogP contribution in [0.15, 0.2) is 77.3 Å². The molecule has 5 heteroatoms. The summed E-state index contributed by atoms with van der Waals surface area (Å²) in [6.45, 7) is 0. The molecular formula is C23H22BrNO3. The van der Waals surface area contributed by atoms with E-state index >= 15 is 0 Å². The molecule has 0 aliphatic carbocycles. The first-order valence-corrected chi connectivity index (χ1v) is 9.71. The maximum absolute atomic E-state index is 12.9. The van der Waals surface area contributed by atoms with Gasteiger partial charge in [0.05, 0.1) is 20.3 Å². The zero-order valence-corrected chi connectivity index (χ0v) is 17.4. The van der Waals surface area contributed by atoms with Gasteiger partial charge in [-0.3, -0.25) is 4.79 Å². The van der Waals surface area contributed by atoms with Crippen LogP contribution in [0.4, 0.5) is 5.69 Å². The summed E-state index contributed by atoms with van der Waals surface area (Å²) >= 11 is 3.41. The van der Waals surface area contributed by atoms with Gasteiger partial charge in [-0.05, 0) is 54.1 Å². The zero-order valence-electron chi connectivity index (χ0n) is 15.8. The van der Waals surface area contributed by atoms with Crippen LogP contribution in [0.2, 0.25) is 0 Å². The Morgan fingerprint density at radius 1 is 0.857 bits per heavy atom. The van der Waals surface area contributed by atoms with Gasteiger partial charge in [0.15, 0.2) is 5.78 Å². The molecule has 3 rings (SSSR count). The fourth-order valence-electron chi connectivity index (χ4n) is 2.92. The minimum absolute atomic E-state index is 0.0781. The molecule has 0 spiro atoms. The standard InChI is InChI=1S/C23H22BrNO3/c1-27-20-11-5-16(6-12-20)22(25-19-9-13-21(28-2)14-10-19)15-23(26)17-3-7-18(24)8-4-17/h3-14,22,25H,15H2,1-2H3. The summed E-state index contributed by atoms with van der Waals surface area (Å²) in [7, 11) is 3.28. The van der Waals surface area contributed by atoms with Gasteiger partial charge in [0.1, 0.15) is 11.5 Å². The van der Waals surface area contributed by atoms with E-state index in [1.807, 2.05) is 72.8 Å². The van der Waals surface area contributed by atoms with Gasteiger partial charge in [-0.15, -0.1) is 0 Å². The Labute approximate surface area is 173 Å². The van der Waals surface area contributed by atoms with Crippen molar-refractivity contribution in [1.82, 2.24) is 0 Å². The van der Waals surface area contributed by atoms with Crippen LogP contribution in [0.5, 0.6) is 11.5 Å². The molecule has 0 radical (unpaired) electrons. The molecule has 0 amide bonds. The van der Waals surface area contributed by atoms with Crippen molar-refractivity contribution in [3.05, 3.63) is 88.4 Å². The van der Waals surface area contributed by atoms with Crippen molar-refractivity contribution in [2.24, 2.45) is 0 Å². The summed E-state index contributed by atoms with van der Waals surface area (Å²) < 4.78 is 11.4. The fourth-order valence-corrected chi connectivity index (χ4v) is 3.18. The van der Waals surface area contributed by atoms with E-state index in [0.29, 0.717) is 12.0 Å². The quantitative estimate of drug-likeness (QED) is 0.444. The Bertz CT molecular complexity index is 906. The van der Waals surface area contributed by atoms with Gasteiger partial charge in [-0.25, -0.2) is 0 Å². The van der Waals surface area contributed by atoms with Crippen molar-refractivity contribution in [3.8, 4) is 11.5 Å². The van der Waals surface area contributed by atoms with Crippen LogP contribution in [-0.4, -0.2) is 20.0 Å². The van der Waals surface area contributed by atoms with E-state index in [2.05, 4.69) is 21.2 Å². The van der Waals surface area contributed by atoms with Gasteiger partial charge in [0.25, 0.3) is 0 Å². The predicted molar refractivity (Wildman–Crippen MR) is 115 cm³/mol. The predicted octanol–water partition coefficient (Wildman–Crippen LogP) is 5.89. The minimum atomic E-state index is -0.171. The number of carbonyl (C=O) groups excluding carboxylic acids is 1. The summed E-state index contributed by atoms with van der Waals surface area (Å²) in [6, 6.07) is 22.7. The lowest BCUT2D eigenvalue weighted by Gasteiger charge is -2.20. The third-order valence-corrected chi connectivity index (χ3v) is 5.03. The van der Waals surface area contributed by atoms with Gasteiger partial charge in [0, 0.05) is 22.1 Å². The van der Waals surface area contributed by atoms with Crippen molar-refractivity contribution < 1.29 is 14.3 Å². The highest BCUT2D eigenvalue weighted by Gasteiger charge is 2.18. The Kier molecular flexibility index (Phi) is 6.71. The molecule has 144 valence electrons. The third-order valence-electron chi connectivity index (χ3n) is 4.50. The number of Topliss-reactive ketones (excluding diaryl/α,β-unsaturated/α-hetero) is 1. The topological polar surface area (TPSA) is 47.6 Å². The monoisotopic (exact) mass is 439 g/mol. The van der Waals surface area contributed by atoms with Crippen LogP contribution in [-0.2, 0) is 0 Å². The highest BCUT2D eigenvalue weighted by atomic mass is 79.9. The molecule has 4 nitrogen and oxygen atoms in total. The van der Waals surface area contributed by atoms with Gasteiger partial charge in [0.2, 0.25) is 0 Å². The molecule has 1 unspecified atom stereocenters. The molecule has 0 fully saturated rings. The molecule has 3 aromatic rings. The number of hydrogen-bond acceptors (Lipinski definition) is 4. The number of halogens is 1. The van der Waals surface area contributed by atoms with Crippen LogP contribution in [0.1, 0.15) is 28.4 Å². The maximum Gasteiger partial charge on any atom is 0.165 e. The average molecular weight is 440 g/mol. The summed E-state index contributed by atoms with van der Waals surface area (Å²) in [6.07, 6.45) is 0.333. The number of nitrogens with one attached hydrogen (secondary N) is 1. The smallest absolute Gasteiger partial charge is 0.165 e. The van der Waals surface area contributed by atoms with Crippen LogP contribution in [0.3, 0.4) is 0 Å². The van der Waals surface area contributed by atoms with E-state index in [1.54, 1.807) is 14.2 Å². The average Bonchev–Trinajstić information content (AvgIpc) is 2.74. The van der Waals surface area contributed by atoms with Gasteiger partial charge in [-0.1, -0.05) is 40.2 Å². The van der Waals surface area contributed by atoms with Crippen molar-refractivity contribution in [3.63, 3.8) is 0 Å². The Balaban J connectivity index is 1.83. The van der Waals surface area contributed by atoms with Crippen LogP contribution >= 0.6 is 15.9 Å². The Morgan fingerprint density at radius 2 is 1.39 bits per heavy atom. The number of ketones is 1. The van der Waals surface area contributed by atoms with Gasteiger partial charge >= 0.3 is 0 Å². The molecule has 3 aromatic carbocycles. The summed E-state index contributed by atoms with van der Waals surface area (Å²) in [5.74, 6) is 1.65. The lowest BCUT2D eigenvalue weighted by atomic mass is 9.97. The van der Waals surface area contributed by atoms with Crippen LogP contribution in [0.25, 0.3) is 0 Å². The van der Waals surface area contributed by atoms with E-state index in [1.165, 1.54) is 0 Å². The highest BCUT2D eigenvalue weighted by molar-refractivity contribution is 9.10. The molecule has 0 heterocycles.